The van der Waals surface area contributed by atoms with Gasteiger partial charge in [0.25, 0.3) is 0 Å². The largest absolute Gasteiger partial charge is 0.370 e. The Morgan fingerprint density at radius 3 is 2.52 bits per heavy atom. The maximum absolute atomic E-state index is 4.64. The quantitative estimate of drug-likeness (QED) is 0.823. The zero-order valence-corrected chi connectivity index (χ0v) is 13.9. The Balaban J connectivity index is 2.26. The monoisotopic (exact) mass is 290 g/mol. The van der Waals surface area contributed by atoms with Gasteiger partial charge in [-0.25, -0.2) is 9.97 Å². The normalized spacial score (nSPS) is 16.0. The molecule has 1 aromatic rings. The molecule has 21 heavy (non-hydrogen) atoms. The lowest BCUT2D eigenvalue weighted by molar-refractivity contribution is 0.415. The fourth-order valence-electron chi connectivity index (χ4n) is 3.35. The summed E-state index contributed by atoms with van der Waals surface area (Å²) in [5.74, 6) is 2.18. The fraction of sp³-hybridized carbons (Fsp3) is 0.765. The van der Waals surface area contributed by atoms with Crippen molar-refractivity contribution < 1.29 is 0 Å². The van der Waals surface area contributed by atoms with Crippen molar-refractivity contribution in [1.82, 2.24) is 9.97 Å². The summed E-state index contributed by atoms with van der Waals surface area (Å²) in [6.07, 6.45) is 10.5. The summed E-state index contributed by atoms with van der Waals surface area (Å²) in [4.78, 5) is 11.6. The van der Waals surface area contributed by atoms with E-state index >= 15 is 0 Å². The smallest absolute Gasteiger partial charge is 0.137 e. The van der Waals surface area contributed by atoms with Crippen LogP contribution in [0, 0.1) is 0 Å². The fourth-order valence-corrected chi connectivity index (χ4v) is 3.35. The molecule has 2 rings (SSSR count). The Morgan fingerprint density at radius 2 is 1.90 bits per heavy atom. The molecule has 1 aliphatic rings. The third-order valence-corrected chi connectivity index (χ3v) is 4.45. The van der Waals surface area contributed by atoms with Crippen molar-refractivity contribution >= 4 is 11.6 Å². The van der Waals surface area contributed by atoms with Gasteiger partial charge in [-0.2, -0.15) is 0 Å². The molecule has 118 valence electrons. The standard InChI is InChI=1S/C17H30N4/c1-4-12-18-16-15(5-2)17(20-13-19-16)21(6-3)14-10-8-7-9-11-14/h13-14H,4-12H2,1-3H3,(H,18,19,20). The second-order valence-corrected chi connectivity index (χ2v) is 5.88. The molecule has 4 nitrogen and oxygen atoms in total. The van der Waals surface area contributed by atoms with Gasteiger partial charge in [0, 0.05) is 24.7 Å². The van der Waals surface area contributed by atoms with Crippen LogP contribution in [0.1, 0.15) is 64.9 Å². The van der Waals surface area contributed by atoms with Crippen LogP contribution in [0.15, 0.2) is 6.33 Å². The van der Waals surface area contributed by atoms with Crippen molar-refractivity contribution in [3.05, 3.63) is 11.9 Å². The summed E-state index contributed by atoms with van der Waals surface area (Å²) in [5, 5.41) is 3.46. The molecule has 0 atom stereocenters. The molecule has 4 heteroatoms. The van der Waals surface area contributed by atoms with Gasteiger partial charge in [0.1, 0.15) is 18.0 Å². The van der Waals surface area contributed by atoms with Gasteiger partial charge < -0.3 is 10.2 Å². The summed E-state index contributed by atoms with van der Waals surface area (Å²) < 4.78 is 0. The zero-order chi connectivity index (χ0) is 15.1. The van der Waals surface area contributed by atoms with Crippen LogP contribution in [0.5, 0.6) is 0 Å². The second-order valence-electron chi connectivity index (χ2n) is 5.88. The second kappa shape index (κ2) is 8.20. The van der Waals surface area contributed by atoms with Gasteiger partial charge in [-0.1, -0.05) is 33.1 Å². The van der Waals surface area contributed by atoms with Crippen molar-refractivity contribution in [3.8, 4) is 0 Å². The maximum atomic E-state index is 4.64. The van der Waals surface area contributed by atoms with Crippen molar-refractivity contribution in [2.75, 3.05) is 23.3 Å². The van der Waals surface area contributed by atoms with Gasteiger partial charge in [0.15, 0.2) is 0 Å². The predicted octanol–water partition coefficient (Wildman–Crippen LogP) is 4.02. The van der Waals surface area contributed by atoms with Crippen molar-refractivity contribution in [1.29, 1.82) is 0 Å². The molecule has 0 bridgehead atoms. The highest BCUT2D eigenvalue weighted by Crippen LogP contribution is 2.30. The summed E-state index contributed by atoms with van der Waals surface area (Å²) in [6, 6.07) is 0.656. The molecule has 0 amide bonds. The molecule has 0 spiro atoms. The molecule has 1 saturated carbocycles. The molecule has 0 unspecified atom stereocenters. The van der Waals surface area contributed by atoms with Gasteiger partial charge in [0.2, 0.25) is 0 Å². The van der Waals surface area contributed by atoms with E-state index in [1.165, 1.54) is 37.7 Å². The van der Waals surface area contributed by atoms with Gasteiger partial charge >= 0.3 is 0 Å². The topological polar surface area (TPSA) is 41.1 Å². The van der Waals surface area contributed by atoms with Crippen LogP contribution in [-0.4, -0.2) is 29.1 Å². The van der Waals surface area contributed by atoms with Gasteiger partial charge in [-0.3, -0.25) is 0 Å². The third-order valence-electron chi connectivity index (χ3n) is 4.45. The third kappa shape index (κ3) is 3.86. The number of anilines is 2. The number of hydrogen-bond acceptors (Lipinski definition) is 4. The summed E-state index contributed by atoms with van der Waals surface area (Å²) >= 11 is 0. The number of nitrogens with zero attached hydrogens (tertiary/aromatic N) is 3. The van der Waals surface area contributed by atoms with Crippen molar-refractivity contribution in [2.45, 2.75) is 71.8 Å². The summed E-state index contributed by atoms with van der Waals surface area (Å²) in [7, 11) is 0. The van der Waals surface area contributed by atoms with E-state index in [9.17, 15) is 0 Å². The lowest BCUT2D eigenvalue weighted by Gasteiger charge is -2.35. The SMILES string of the molecule is CCCNc1ncnc(N(CC)C2CCCCC2)c1CC. The summed E-state index contributed by atoms with van der Waals surface area (Å²) in [6.45, 7) is 8.63. The van der Waals surface area contributed by atoms with Crippen LogP contribution in [0.4, 0.5) is 11.6 Å². The minimum absolute atomic E-state index is 0.656. The molecule has 1 N–H and O–H groups in total. The van der Waals surface area contributed by atoms with Crippen LogP contribution in [0.2, 0.25) is 0 Å². The molecular formula is C17H30N4. The minimum Gasteiger partial charge on any atom is -0.370 e. The van der Waals surface area contributed by atoms with E-state index in [1.807, 2.05) is 0 Å². The Labute approximate surface area is 129 Å². The predicted molar refractivity (Wildman–Crippen MR) is 90.1 cm³/mol. The number of rotatable bonds is 7. The van der Waals surface area contributed by atoms with E-state index in [1.54, 1.807) is 6.33 Å². The van der Waals surface area contributed by atoms with E-state index in [4.69, 9.17) is 0 Å². The van der Waals surface area contributed by atoms with Crippen molar-refractivity contribution in [2.24, 2.45) is 0 Å². The first-order valence-electron chi connectivity index (χ1n) is 8.66. The highest BCUT2D eigenvalue weighted by molar-refractivity contribution is 5.59. The molecule has 0 aromatic carbocycles. The summed E-state index contributed by atoms with van der Waals surface area (Å²) in [5.41, 5.74) is 1.28. The van der Waals surface area contributed by atoms with E-state index < -0.39 is 0 Å². The van der Waals surface area contributed by atoms with E-state index in [2.05, 4.69) is 41.0 Å². The molecule has 1 fully saturated rings. The molecule has 1 aliphatic carbocycles. The first-order chi connectivity index (χ1) is 10.3. The number of nitrogens with one attached hydrogen (secondary N) is 1. The average molecular weight is 290 g/mol. The average Bonchev–Trinajstić information content (AvgIpc) is 2.54. The molecule has 1 aromatic heterocycles. The minimum atomic E-state index is 0.656. The van der Waals surface area contributed by atoms with Crippen LogP contribution < -0.4 is 10.2 Å². The van der Waals surface area contributed by atoms with Gasteiger partial charge in [-0.15, -0.1) is 0 Å². The van der Waals surface area contributed by atoms with E-state index in [-0.39, 0.29) is 0 Å². The van der Waals surface area contributed by atoms with Crippen LogP contribution >= 0.6 is 0 Å². The molecule has 0 radical (unpaired) electrons. The molecular weight excluding hydrogens is 260 g/mol. The molecule has 0 saturated heterocycles. The van der Waals surface area contributed by atoms with Gasteiger partial charge in [-0.05, 0) is 32.6 Å². The lowest BCUT2D eigenvalue weighted by Crippen LogP contribution is -2.38. The van der Waals surface area contributed by atoms with Crippen LogP contribution in [0.3, 0.4) is 0 Å². The Kier molecular flexibility index (Phi) is 6.27. The number of hydrogen-bond donors (Lipinski definition) is 1. The highest BCUT2D eigenvalue weighted by Gasteiger charge is 2.24. The van der Waals surface area contributed by atoms with Gasteiger partial charge in [0.05, 0.1) is 0 Å². The van der Waals surface area contributed by atoms with Crippen molar-refractivity contribution in [3.63, 3.8) is 0 Å². The van der Waals surface area contributed by atoms with E-state index in [0.717, 1.165) is 37.6 Å². The zero-order valence-electron chi connectivity index (χ0n) is 13.9. The Bertz CT molecular complexity index is 427. The lowest BCUT2D eigenvalue weighted by atomic mass is 9.94. The Morgan fingerprint density at radius 1 is 1.14 bits per heavy atom. The maximum Gasteiger partial charge on any atom is 0.137 e. The molecule has 0 aliphatic heterocycles. The highest BCUT2D eigenvalue weighted by atomic mass is 15.2. The van der Waals surface area contributed by atoms with Crippen LogP contribution in [-0.2, 0) is 6.42 Å². The first kappa shape index (κ1) is 16.1. The van der Waals surface area contributed by atoms with E-state index in [0.29, 0.717) is 6.04 Å². The van der Waals surface area contributed by atoms with Crippen LogP contribution in [0.25, 0.3) is 0 Å². The Hall–Kier alpha value is -1.32. The first-order valence-corrected chi connectivity index (χ1v) is 8.66. The number of aromatic nitrogens is 2. The molecule has 1 heterocycles.